The van der Waals surface area contributed by atoms with Crippen LogP contribution in [-0.4, -0.2) is 78.3 Å². The SMILES string of the molecule is CS(=O)(=O)N1CCCN(C(=O)[C@H]2CC(=O)N(Cc3ccccn3)C2)CC1. The van der Waals surface area contributed by atoms with Gasteiger partial charge in [0.2, 0.25) is 21.8 Å². The fourth-order valence-electron chi connectivity index (χ4n) is 3.48. The highest BCUT2D eigenvalue weighted by Gasteiger charge is 2.37. The summed E-state index contributed by atoms with van der Waals surface area (Å²) < 4.78 is 24.8. The van der Waals surface area contributed by atoms with Gasteiger partial charge in [-0.05, 0) is 18.6 Å². The number of hydrogen-bond donors (Lipinski definition) is 0. The minimum atomic E-state index is -3.24. The van der Waals surface area contributed by atoms with Gasteiger partial charge in [-0.3, -0.25) is 14.6 Å². The van der Waals surface area contributed by atoms with E-state index in [1.807, 2.05) is 18.2 Å². The van der Waals surface area contributed by atoms with E-state index >= 15 is 0 Å². The molecule has 26 heavy (non-hydrogen) atoms. The van der Waals surface area contributed by atoms with Crippen LogP contribution in [0.1, 0.15) is 18.5 Å². The fourth-order valence-corrected chi connectivity index (χ4v) is 4.36. The molecular weight excluding hydrogens is 356 g/mol. The van der Waals surface area contributed by atoms with Crippen molar-refractivity contribution >= 4 is 21.8 Å². The van der Waals surface area contributed by atoms with Crippen LogP contribution in [0.4, 0.5) is 0 Å². The lowest BCUT2D eigenvalue weighted by Crippen LogP contribution is -2.40. The molecule has 2 aliphatic heterocycles. The number of hydrogen-bond acceptors (Lipinski definition) is 5. The van der Waals surface area contributed by atoms with E-state index in [-0.39, 0.29) is 24.2 Å². The Morgan fingerprint density at radius 3 is 2.73 bits per heavy atom. The van der Waals surface area contributed by atoms with Crippen LogP contribution in [0.15, 0.2) is 24.4 Å². The smallest absolute Gasteiger partial charge is 0.228 e. The average molecular weight is 380 g/mol. The third kappa shape index (κ3) is 4.39. The number of rotatable bonds is 4. The van der Waals surface area contributed by atoms with Crippen molar-refractivity contribution in [3.8, 4) is 0 Å². The number of nitrogens with zero attached hydrogens (tertiary/aromatic N) is 4. The third-order valence-electron chi connectivity index (χ3n) is 4.88. The Kier molecular flexibility index (Phi) is 5.57. The van der Waals surface area contributed by atoms with E-state index in [1.165, 1.54) is 10.6 Å². The van der Waals surface area contributed by atoms with Crippen molar-refractivity contribution < 1.29 is 18.0 Å². The normalized spacial score (nSPS) is 22.5. The molecule has 2 fully saturated rings. The molecule has 2 amide bonds. The summed E-state index contributed by atoms with van der Waals surface area (Å²) in [5, 5.41) is 0. The Balaban J connectivity index is 1.59. The first kappa shape index (κ1) is 18.8. The summed E-state index contributed by atoms with van der Waals surface area (Å²) >= 11 is 0. The van der Waals surface area contributed by atoms with Crippen molar-refractivity contribution in [3.05, 3.63) is 30.1 Å². The second-order valence-electron chi connectivity index (χ2n) is 6.84. The molecule has 1 aromatic heterocycles. The van der Waals surface area contributed by atoms with Crippen LogP contribution >= 0.6 is 0 Å². The van der Waals surface area contributed by atoms with E-state index in [9.17, 15) is 18.0 Å². The molecule has 0 spiro atoms. The third-order valence-corrected chi connectivity index (χ3v) is 6.18. The molecule has 1 aromatic rings. The van der Waals surface area contributed by atoms with E-state index in [1.54, 1.807) is 16.0 Å². The van der Waals surface area contributed by atoms with Gasteiger partial charge in [-0.25, -0.2) is 12.7 Å². The molecule has 0 aliphatic carbocycles. The molecule has 0 aromatic carbocycles. The number of likely N-dealkylation sites (tertiary alicyclic amines) is 1. The number of aromatic nitrogens is 1. The van der Waals surface area contributed by atoms with Crippen LogP contribution in [-0.2, 0) is 26.2 Å². The lowest BCUT2D eigenvalue weighted by molar-refractivity contribution is -0.135. The number of carbonyl (C=O) groups is 2. The van der Waals surface area contributed by atoms with Crippen molar-refractivity contribution in [2.45, 2.75) is 19.4 Å². The summed E-state index contributed by atoms with van der Waals surface area (Å²) in [6.07, 6.45) is 3.69. The van der Waals surface area contributed by atoms with E-state index in [0.717, 1.165) is 5.69 Å². The van der Waals surface area contributed by atoms with E-state index in [0.29, 0.717) is 45.7 Å². The highest BCUT2D eigenvalue weighted by Crippen LogP contribution is 2.22. The van der Waals surface area contributed by atoms with Crippen molar-refractivity contribution in [1.29, 1.82) is 0 Å². The van der Waals surface area contributed by atoms with E-state index in [4.69, 9.17) is 0 Å². The van der Waals surface area contributed by atoms with Gasteiger partial charge >= 0.3 is 0 Å². The van der Waals surface area contributed by atoms with Gasteiger partial charge in [0.05, 0.1) is 24.4 Å². The molecule has 3 heterocycles. The maximum atomic E-state index is 12.8. The monoisotopic (exact) mass is 380 g/mol. The lowest BCUT2D eigenvalue weighted by Gasteiger charge is -2.24. The molecule has 9 heteroatoms. The average Bonchev–Trinajstić information content (AvgIpc) is 2.82. The molecule has 142 valence electrons. The molecule has 2 aliphatic rings. The summed E-state index contributed by atoms with van der Waals surface area (Å²) in [6.45, 7) is 2.43. The Hall–Kier alpha value is -2.00. The lowest BCUT2D eigenvalue weighted by atomic mass is 10.1. The molecule has 0 bridgehead atoms. The predicted octanol–water partition coefficient (Wildman–Crippen LogP) is -0.0760. The first-order valence-electron chi connectivity index (χ1n) is 8.76. The van der Waals surface area contributed by atoms with Gasteiger partial charge in [-0.15, -0.1) is 0 Å². The van der Waals surface area contributed by atoms with Crippen LogP contribution in [0.3, 0.4) is 0 Å². The van der Waals surface area contributed by atoms with Crippen LogP contribution in [0.25, 0.3) is 0 Å². The summed E-state index contributed by atoms with van der Waals surface area (Å²) in [5.74, 6) is -0.463. The second-order valence-corrected chi connectivity index (χ2v) is 8.82. The Bertz CT molecular complexity index is 768. The van der Waals surface area contributed by atoms with Gasteiger partial charge in [-0.2, -0.15) is 0 Å². The predicted molar refractivity (Wildman–Crippen MR) is 95.4 cm³/mol. The minimum Gasteiger partial charge on any atom is -0.341 e. The largest absolute Gasteiger partial charge is 0.341 e. The Morgan fingerprint density at radius 1 is 1.23 bits per heavy atom. The fraction of sp³-hybridized carbons (Fsp3) is 0.588. The first-order valence-corrected chi connectivity index (χ1v) is 10.6. The van der Waals surface area contributed by atoms with Crippen LogP contribution in [0.2, 0.25) is 0 Å². The van der Waals surface area contributed by atoms with Crippen LogP contribution < -0.4 is 0 Å². The van der Waals surface area contributed by atoms with Crippen molar-refractivity contribution in [2.24, 2.45) is 5.92 Å². The van der Waals surface area contributed by atoms with E-state index in [2.05, 4.69) is 4.98 Å². The number of carbonyl (C=O) groups excluding carboxylic acids is 2. The summed E-state index contributed by atoms with van der Waals surface area (Å²) in [5.41, 5.74) is 0.799. The van der Waals surface area contributed by atoms with Crippen LogP contribution in [0, 0.1) is 5.92 Å². The molecule has 8 nitrogen and oxygen atoms in total. The van der Waals surface area contributed by atoms with Crippen molar-refractivity contribution in [3.63, 3.8) is 0 Å². The van der Waals surface area contributed by atoms with Gasteiger partial charge in [0.1, 0.15) is 0 Å². The molecule has 0 saturated carbocycles. The molecule has 0 unspecified atom stereocenters. The van der Waals surface area contributed by atoms with E-state index < -0.39 is 10.0 Å². The highest BCUT2D eigenvalue weighted by atomic mass is 32.2. The summed E-state index contributed by atoms with van der Waals surface area (Å²) in [7, 11) is -3.24. The molecule has 0 radical (unpaired) electrons. The topological polar surface area (TPSA) is 90.9 Å². The Morgan fingerprint density at radius 2 is 2.04 bits per heavy atom. The molecule has 3 rings (SSSR count). The maximum absolute atomic E-state index is 12.8. The number of sulfonamides is 1. The van der Waals surface area contributed by atoms with Gasteiger partial charge in [0.25, 0.3) is 0 Å². The molecule has 2 saturated heterocycles. The zero-order valence-electron chi connectivity index (χ0n) is 14.9. The molecule has 1 atom stereocenters. The number of amides is 2. The van der Waals surface area contributed by atoms with Gasteiger partial charge < -0.3 is 9.80 Å². The molecular formula is C17H24N4O4S. The van der Waals surface area contributed by atoms with Crippen LogP contribution in [0.5, 0.6) is 0 Å². The zero-order chi connectivity index (χ0) is 18.7. The van der Waals surface area contributed by atoms with Crippen molar-refractivity contribution in [2.75, 3.05) is 39.0 Å². The molecule has 0 N–H and O–H groups in total. The Labute approximate surface area is 153 Å². The maximum Gasteiger partial charge on any atom is 0.228 e. The summed E-state index contributed by atoms with van der Waals surface area (Å²) in [4.78, 5) is 32.7. The first-order chi connectivity index (χ1) is 12.3. The zero-order valence-corrected chi connectivity index (χ0v) is 15.7. The summed E-state index contributed by atoms with van der Waals surface area (Å²) in [6, 6.07) is 5.55. The van der Waals surface area contributed by atoms with Crippen molar-refractivity contribution in [1.82, 2.24) is 19.1 Å². The number of pyridine rings is 1. The quantitative estimate of drug-likeness (QED) is 0.729. The van der Waals surface area contributed by atoms with Gasteiger partial charge in [0, 0.05) is 45.3 Å². The van der Waals surface area contributed by atoms with Gasteiger partial charge in [0.15, 0.2) is 0 Å². The minimum absolute atomic E-state index is 0.0402. The standard InChI is InChI=1S/C17H24N4O4S/c1-26(24,25)21-8-4-7-19(9-10-21)17(23)14-11-16(22)20(12-14)13-15-5-2-3-6-18-15/h2-3,5-6,14H,4,7-13H2,1H3/t14-/m0/s1. The second kappa shape index (κ2) is 7.71. The highest BCUT2D eigenvalue weighted by molar-refractivity contribution is 7.88. The van der Waals surface area contributed by atoms with Gasteiger partial charge in [-0.1, -0.05) is 6.07 Å².